The number of halogens is 1. The summed E-state index contributed by atoms with van der Waals surface area (Å²) in [4.78, 5) is 27.6. The molecule has 0 bridgehead atoms. The fourth-order valence-electron chi connectivity index (χ4n) is 4.68. The van der Waals surface area contributed by atoms with Gasteiger partial charge in [0.15, 0.2) is 0 Å². The molecular formula is C25H29FN2O3. The van der Waals surface area contributed by atoms with Gasteiger partial charge in [0, 0.05) is 32.8 Å². The quantitative estimate of drug-likeness (QED) is 0.799. The number of ether oxygens (including phenoxy) is 1. The van der Waals surface area contributed by atoms with Gasteiger partial charge in [-0.05, 0) is 49.3 Å². The first kappa shape index (κ1) is 21.5. The molecule has 31 heavy (non-hydrogen) atoms. The van der Waals surface area contributed by atoms with Crippen molar-refractivity contribution in [1.29, 1.82) is 0 Å². The Balaban J connectivity index is 1.33. The minimum atomic E-state index is -0.541. The van der Waals surface area contributed by atoms with E-state index >= 15 is 0 Å². The van der Waals surface area contributed by atoms with E-state index in [2.05, 4.69) is 5.32 Å². The summed E-state index contributed by atoms with van der Waals surface area (Å²) in [6, 6.07) is 16.1. The van der Waals surface area contributed by atoms with E-state index in [0.29, 0.717) is 51.6 Å². The van der Waals surface area contributed by atoms with E-state index in [9.17, 15) is 14.0 Å². The minimum absolute atomic E-state index is 0.0619. The third-order valence-electron chi connectivity index (χ3n) is 6.66. The van der Waals surface area contributed by atoms with E-state index < -0.39 is 11.2 Å². The van der Waals surface area contributed by atoms with Crippen molar-refractivity contribution in [3.8, 4) is 0 Å². The van der Waals surface area contributed by atoms with Crippen molar-refractivity contribution < 1.29 is 18.7 Å². The molecule has 0 saturated carbocycles. The Hall–Kier alpha value is -2.73. The zero-order chi connectivity index (χ0) is 21.7. The first-order chi connectivity index (χ1) is 15.1. The number of carbonyl (C=O) groups excluding carboxylic acids is 2. The fraction of sp³-hybridized carbons (Fsp3) is 0.440. The first-order valence-corrected chi connectivity index (χ1v) is 11.1. The van der Waals surface area contributed by atoms with Crippen LogP contribution in [0, 0.1) is 11.7 Å². The maximum absolute atomic E-state index is 13.9. The second-order valence-corrected chi connectivity index (χ2v) is 8.49. The summed E-state index contributed by atoms with van der Waals surface area (Å²) in [5, 5.41) is 3.19. The van der Waals surface area contributed by atoms with E-state index in [-0.39, 0.29) is 17.4 Å². The van der Waals surface area contributed by atoms with Crippen LogP contribution in [0.2, 0.25) is 0 Å². The lowest BCUT2D eigenvalue weighted by atomic mass is 9.73. The predicted octanol–water partition coefficient (Wildman–Crippen LogP) is 3.54. The van der Waals surface area contributed by atoms with Gasteiger partial charge in [0.1, 0.15) is 5.82 Å². The van der Waals surface area contributed by atoms with Crippen LogP contribution in [0.25, 0.3) is 0 Å². The molecule has 2 saturated heterocycles. The number of nitrogens with one attached hydrogen (secondary N) is 1. The van der Waals surface area contributed by atoms with Crippen molar-refractivity contribution in [3.05, 3.63) is 71.5 Å². The summed E-state index contributed by atoms with van der Waals surface area (Å²) >= 11 is 0. The van der Waals surface area contributed by atoms with Crippen molar-refractivity contribution in [2.45, 2.75) is 31.1 Å². The fourth-order valence-corrected chi connectivity index (χ4v) is 4.68. The van der Waals surface area contributed by atoms with Crippen molar-refractivity contribution in [2.75, 3.05) is 32.8 Å². The standard InChI is InChI=1S/C25H29FN2O3/c26-22-9-5-4-8-21(22)23(29)28-14-10-19(11-15-28)18-27-24(30)25(12-16-31-17-13-25)20-6-2-1-3-7-20/h1-9,19H,10-18H2,(H,27,30). The van der Waals surface area contributed by atoms with Crippen LogP contribution >= 0.6 is 0 Å². The molecule has 2 fully saturated rings. The van der Waals surface area contributed by atoms with Gasteiger partial charge in [-0.15, -0.1) is 0 Å². The third-order valence-corrected chi connectivity index (χ3v) is 6.66. The molecule has 0 aromatic heterocycles. The molecule has 0 radical (unpaired) electrons. The van der Waals surface area contributed by atoms with E-state index in [1.165, 1.54) is 12.1 Å². The van der Waals surface area contributed by atoms with Crippen LogP contribution in [0.3, 0.4) is 0 Å². The maximum atomic E-state index is 13.9. The molecule has 2 aromatic carbocycles. The number of benzene rings is 2. The molecule has 0 unspecified atom stereocenters. The normalized spacial score (nSPS) is 19.1. The SMILES string of the molecule is O=C(c1ccccc1F)N1CCC(CNC(=O)C2(c3ccccc3)CCOCC2)CC1. The van der Waals surface area contributed by atoms with Gasteiger partial charge in [0.25, 0.3) is 5.91 Å². The number of amides is 2. The molecule has 0 spiro atoms. The lowest BCUT2D eigenvalue weighted by Crippen LogP contribution is -2.50. The number of likely N-dealkylation sites (tertiary alicyclic amines) is 1. The Morgan fingerprint density at radius 1 is 1.00 bits per heavy atom. The average molecular weight is 425 g/mol. The monoisotopic (exact) mass is 424 g/mol. The average Bonchev–Trinajstić information content (AvgIpc) is 2.83. The zero-order valence-corrected chi connectivity index (χ0v) is 17.7. The number of hydrogen-bond donors (Lipinski definition) is 1. The molecule has 2 amide bonds. The summed E-state index contributed by atoms with van der Waals surface area (Å²) in [6.07, 6.45) is 2.95. The Bertz CT molecular complexity index is 904. The van der Waals surface area contributed by atoms with Crippen molar-refractivity contribution in [2.24, 2.45) is 5.92 Å². The number of nitrogens with zero attached hydrogens (tertiary/aromatic N) is 1. The molecule has 2 aliphatic rings. The lowest BCUT2D eigenvalue weighted by Gasteiger charge is -2.37. The lowest BCUT2D eigenvalue weighted by molar-refractivity contribution is -0.130. The number of carbonyl (C=O) groups is 2. The summed E-state index contributed by atoms with van der Waals surface area (Å²) in [5.74, 6) is -0.372. The maximum Gasteiger partial charge on any atom is 0.256 e. The van der Waals surface area contributed by atoms with Crippen LogP contribution in [0.4, 0.5) is 4.39 Å². The smallest absolute Gasteiger partial charge is 0.256 e. The molecule has 5 nitrogen and oxygen atoms in total. The van der Waals surface area contributed by atoms with Gasteiger partial charge in [-0.1, -0.05) is 42.5 Å². The second kappa shape index (κ2) is 9.60. The highest BCUT2D eigenvalue weighted by Gasteiger charge is 2.41. The number of piperidine rings is 1. The van der Waals surface area contributed by atoms with Crippen molar-refractivity contribution >= 4 is 11.8 Å². The Kier molecular flexibility index (Phi) is 6.66. The molecule has 2 aromatic rings. The van der Waals surface area contributed by atoms with Gasteiger partial charge in [-0.2, -0.15) is 0 Å². The molecule has 0 atom stereocenters. The summed E-state index contributed by atoms with van der Waals surface area (Å²) < 4.78 is 19.5. The van der Waals surface area contributed by atoms with Gasteiger partial charge >= 0.3 is 0 Å². The summed E-state index contributed by atoms with van der Waals surface area (Å²) in [7, 11) is 0. The van der Waals surface area contributed by atoms with Gasteiger partial charge in [-0.3, -0.25) is 9.59 Å². The first-order valence-electron chi connectivity index (χ1n) is 11.1. The number of rotatable bonds is 5. The zero-order valence-electron chi connectivity index (χ0n) is 17.7. The van der Waals surface area contributed by atoms with Crippen molar-refractivity contribution in [3.63, 3.8) is 0 Å². The molecular weight excluding hydrogens is 395 g/mol. The highest BCUT2D eigenvalue weighted by Crippen LogP contribution is 2.35. The molecule has 6 heteroatoms. The Morgan fingerprint density at radius 2 is 1.65 bits per heavy atom. The van der Waals surface area contributed by atoms with Gasteiger partial charge < -0.3 is 15.0 Å². The van der Waals surface area contributed by atoms with E-state index in [0.717, 1.165) is 18.4 Å². The molecule has 2 aliphatic heterocycles. The van der Waals surface area contributed by atoms with Crippen LogP contribution in [-0.2, 0) is 14.9 Å². The third kappa shape index (κ3) is 4.64. The molecule has 0 aliphatic carbocycles. The van der Waals surface area contributed by atoms with E-state index in [1.807, 2.05) is 30.3 Å². The predicted molar refractivity (Wildman–Crippen MR) is 116 cm³/mol. The summed E-state index contributed by atoms with van der Waals surface area (Å²) in [6.45, 7) is 2.91. The van der Waals surface area contributed by atoms with Gasteiger partial charge in [-0.25, -0.2) is 4.39 Å². The van der Waals surface area contributed by atoms with Crippen LogP contribution < -0.4 is 5.32 Å². The van der Waals surface area contributed by atoms with Gasteiger partial charge in [0.05, 0.1) is 11.0 Å². The topological polar surface area (TPSA) is 58.6 Å². The molecule has 164 valence electrons. The van der Waals surface area contributed by atoms with E-state index in [4.69, 9.17) is 4.74 Å². The van der Waals surface area contributed by atoms with E-state index in [1.54, 1.807) is 17.0 Å². The largest absolute Gasteiger partial charge is 0.381 e. The second-order valence-electron chi connectivity index (χ2n) is 8.49. The highest BCUT2D eigenvalue weighted by atomic mass is 19.1. The van der Waals surface area contributed by atoms with Crippen molar-refractivity contribution in [1.82, 2.24) is 10.2 Å². The van der Waals surface area contributed by atoms with Crippen LogP contribution in [-0.4, -0.2) is 49.6 Å². The molecule has 1 N–H and O–H groups in total. The minimum Gasteiger partial charge on any atom is -0.381 e. The van der Waals surface area contributed by atoms with Gasteiger partial charge in [0.2, 0.25) is 5.91 Å². The highest BCUT2D eigenvalue weighted by molar-refractivity contribution is 5.94. The Labute approximate surface area is 182 Å². The van der Waals surface area contributed by atoms with Crippen LogP contribution in [0.5, 0.6) is 0 Å². The number of hydrogen-bond acceptors (Lipinski definition) is 3. The van der Waals surface area contributed by atoms with Crippen LogP contribution in [0.1, 0.15) is 41.6 Å². The molecule has 2 heterocycles. The summed E-state index contributed by atoms with van der Waals surface area (Å²) in [5.41, 5.74) is 0.626. The molecule has 4 rings (SSSR count). The van der Waals surface area contributed by atoms with Crippen LogP contribution in [0.15, 0.2) is 54.6 Å². The Morgan fingerprint density at radius 3 is 2.32 bits per heavy atom.